The number of carbonyl (C=O) groups is 5. The van der Waals surface area contributed by atoms with E-state index in [1.807, 2.05) is 0 Å². The van der Waals surface area contributed by atoms with Gasteiger partial charge in [-0.2, -0.15) is 0 Å². The van der Waals surface area contributed by atoms with E-state index in [9.17, 15) is 24.0 Å². The Hall–Kier alpha value is -7.15. The molecule has 0 aliphatic heterocycles. The summed E-state index contributed by atoms with van der Waals surface area (Å²) >= 11 is 0. The highest BCUT2D eigenvalue weighted by Crippen LogP contribution is 2.43. The molecule has 0 fully saturated rings. The Morgan fingerprint density at radius 1 is 0.212 bits per heavy atom. The van der Waals surface area contributed by atoms with Crippen molar-refractivity contribution in [2.75, 3.05) is 52.9 Å². The summed E-state index contributed by atoms with van der Waals surface area (Å²) < 4.78 is 52.6. The first kappa shape index (κ1) is 120. The van der Waals surface area contributed by atoms with Crippen molar-refractivity contribution in [2.24, 2.45) is 0 Å². The average Bonchev–Trinajstić information content (AvgIpc) is 0.766. The van der Waals surface area contributed by atoms with E-state index in [1.54, 1.807) is 20.8 Å². The monoisotopic (exact) mass is 1900 g/mol. The summed E-state index contributed by atoms with van der Waals surface area (Å²) in [6.45, 7) is 27.5. The van der Waals surface area contributed by atoms with E-state index >= 15 is 0 Å². The van der Waals surface area contributed by atoms with Crippen LogP contribution in [-0.4, -0.2) is 82.5 Å². The fourth-order valence-corrected chi connectivity index (χ4v) is 19.8. The lowest BCUT2D eigenvalue weighted by Crippen LogP contribution is -2.17. The summed E-state index contributed by atoms with van der Waals surface area (Å²) in [7, 11) is 0. The summed E-state index contributed by atoms with van der Waals surface area (Å²) in [6.07, 6.45) is 87.1. The number of hydrogen-bond acceptors (Lipinski definition) is 13. The molecule has 0 spiro atoms. The van der Waals surface area contributed by atoms with Crippen LogP contribution < -0.4 is 18.9 Å². The molecule has 4 aromatic rings. The number of unbranched alkanes of at least 4 members (excludes halogenated alkanes) is 60. The number of esters is 4. The van der Waals surface area contributed by atoms with Crippen LogP contribution in [0.15, 0.2) is 85.0 Å². The van der Waals surface area contributed by atoms with Crippen molar-refractivity contribution in [3.63, 3.8) is 0 Å². The molecule has 0 heterocycles. The van der Waals surface area contributed by atoms with Gasteiger partial charge in [-0.15, -0.1) is 0 Å². The van der Waals surface area contributed by atoms with Crippen LogP contribution in [0.3, 0.4) is 0 Å². The van der Waals surface area contributed by atoms with Crippen molar-refractivity contribution >= 4 is 29.7 Å². The Labute approximate surface area is 838 Å². The van der Waals surface area contributed by atoms with Crippen LogP contribution in [0.2, 0.25) is 0 Å². The van der Waals surface area contributed by atoms with Gasteiger partial charge in [-0.05, 0) is 146 Å². The predicted octanol–water partition coefficient (Wildman–Crippen LogP) is 35.0. The average molecular weight is 1900 g/mol. The second kappa shape index (κ2) is 80.4. The maximum absolute atomic E-state index is 13.3. The molecule has 13 nitrogen and oxygen atoms in total. The van der Waals surface area contributed by atoms with Gasteiger partial charge in [-0.1, -0.05) is 481 Å². The zero-order valence-corrected chi connectivity index (χ0v) is 89.3. The van der Waals surface area contributed by atoms with Crippen molar-refractivity contribution in [3.8, 4) is 23.0 Å². The largest absolute Gasteiger partial charge is 0.489 e. The van der Waals surface area contributed by atoms with E-state index in [0.717, 1.165) is 122 Å². The molecular formula is C124H200O13. The van der Waals surface area contributed by atoms with Crippen molar-refractivity contribution in [1.82, 2.24) is 0 Å². The Kier molecular flexibility index (Phi) is 70.6. The van der Waals surface area contributed by atoms with E-state index in [0.29, 0.717) is 65.4 Å². The van der Waals surface area contributed by atoms with E-state index < -0.39 is 23.9 Å². The summed E-state index contributed by atoms with van der Waals surface area (Å²) in [4.78, 5) is 65.5. The van der Waals surface area contributed by atoms with E-state index in [4.69, 9.17) is 37.9 Å². The van der Waals surface area contributed by atoms with Crippen LogP contribution in [0.25, 0.3) is 0 Å². The summed E-state index contributed by atoms with van der Waals surface area (Å²) in [6, 6.07) is 18.9. The Bertz CT molecular complexity index is 3720. The molecule has 8 bridgehead atoms. The second-order valence-electron chi connectivity index (χ2n) is 41.1. The molecule has 0 saturated carbocycles. The zero-order chi connectivity index (χ0) is 98.4. The van der Waals surface area contributed by atoms with Crippen LogP contribution in [0.4, 0.5) is 0 Å². The van der Waals surface area contributed by atoms with E-state index in [1.165, 1.54) is 389 Å². The van der Waals surface area contributed by atoms with Crippen molar-refractivity contribution in [1.29, 1.82) is 0 Å². The molecule has 1 aliphatic carbocycles. The first-order valence-corrected chi connectivity index (χ1v) is 57.2. The van der Waals surface area contributed by atoms with Gasteiger partial charge >= 0.3 is 23.9 Å². The number of fused-ring (bicyclic) bond motifs is 8. The summed E-state index contributed by atoms with van der Waals surface area (Å²) in [5, 5.41) is 0. The molecule has 0 atom stereocenters. The zero-order valence-electron chi connectivity index (χ0n) is 89.3. The Morgan fingerprint density at radius 3 is 0.504 bits per heavy atom. The third kappa shape index (κ3) is 58.1. The lowest BCUT2D eigenvalue weighted by atomic mass is 9.86. The van der Waals surface area contributed by atoms with Gasteiger partial charge in [0.15, 0.2) is 0 Å². The summed E-state index contributed by atoms with van der Waals surface area (Å²) in [5.74, 6) is 0.495. The molecule has 0 unspecified atom stereocenters. The molecule has 1 aliphatic rings. The Morgan fingerprint density at radius 2 is 0.358 bits per heavy atom. The standard InChI is InChI=1S/C124H200O13/c1-12-16-20-24-28-32-36-40-44-48-52-56-60-64-68-72-76-105-89-109-97-111-91-106(77-73-69-65-61-57-53-49-45-41-37-33-29-25-21-17-13-2)93-113(119(111)132-82-85-135-122(127)101(5)6)99-115-95-108(79-75-71-67-63-59-55-51-47-43-39-35-31-27-23-19-15-4)96-116(121(115)134-84-87-137-124(129)103(9)10)100-114-94-107(78-74-70-66-62-58-54-50-46-42-38-34-30-26-22-18-14-3)92-112(120(114)133-83-86-136-123(128)102(7)8)98-110(90-105)118(109)131-81-80-130-117(126)88-104(11)125/h89-96H,5,7,9,12-88,97-100H2,1-4,6,8,10-11H3. The van der Waals surface area contributed by atoms with Gasteiger partial charge in [-0.3, -0.25) is 9.59 Å². The lowest BCUT2D eigenvalue weighted by molar-refractivity contribution is -0.146. The van der Waals surface area contributed by atoms with Crippen molar-refractivity contribution in [2.45, 2.75) is 524 Å². The molecule has 0 N–H and O–H groups in total. The van der Waals surface area contributed by atoms with Crippen LogP contribution in [0.1, 0.15) is 540 Å². The van der Waals surface area contributed by atoms with Crippen LogP contribution in [0, 0.1) is 0 Å². The molecule has 4 aromatic carbocycles. The molecule has 774 valence electrons. The molecule has 0 amide bonds. The highest BCUT2D eigenvalue weighted by atomic mass is 16.6. The third-order valence-corrected chi connectivity index (χ3v) is 27.7. The van der Waals surface area contributed by atoms with Gasteiger partial charge in [0.25, 0.3) is 0 Å². The molecule has 0 aromatic heterocycles. The molecule has 13 heteroatoms. The molecule has 137 heavy (non-hydrogen) atoms. The highest BCUT2D eigenvalue weighted by Gasteiger charge is 2.27. The fourth-order valence-electron chi connectivity index (χ4n) is 19.8. The van der Waals surface area contributed by atoms with Gasteiger partial charge in [-0.25, -0.2) is 14.4 Å². The second-order valence-corrected chi connectivity index (χ2v) is 41.1. The van der Waals surface area contributed by atoms with E-state index in [-0.39, 0.29) is 65.1 Å². The first-order valence-electron chi connectivity index (χ1n) is 57.2. The number of benzene rings is 4. The van der Waals surface area contributed by atoms with Crippen LogP contribution >= 0.6 is 0 Å². The number of rotatable bonds is 89. The van der Waals surface area contributed by atoms with Crippen LogP contribution in [-0.2, 0) is 94.3 Å². The number of ether oxygens (including phenoxy) is 8. The smallest absolute Gasteiger partial charge is 0.333 e. The topological polar surface area (TPSA) is 159 Å². The number of hydrogen-bond donors (Lipinski definition) is 0. The Balaban J connectivity index is 1.75. The quantitative estimate of drug-likeness (QED) is 0.0119. The van der Waals surface area contributed by atoms with E-state index in [2.05, 4.69) is 96.0 Å². The normalized spacial score (nSPS) is 11.8. The van der Waals surface area contributed by atoms with Gasteiger partial charge in [0.2, 0.25) is 0 Å². The summed E-state index contributed by atoms with van der Waals surface area (Å²) in [5.41, 5.74) is 13.5. The van der Waals surface area contributed by atoms with Gasteiger partial charge < -0.3 is 37.9 Å². The van der Waals surface area contributed by atoms with Gasteiger partial charge in [0.05, 0.1) is 0 Å². The maximum atomic E-state index is 13.3. The molecule has 0 saturated heterocycles. The number of ketones is 1. The fraction of sp³-hybridized carbons (Fsp3) is 0.718. The van der Waals surface area contributed by atoms with Gasteiger partial charge in [0.1, 0.15) is 88.1 Å². The first-order chi connectivity index (χ1) is 66.9. The van der Waals surface area contributed by atoms with Crippen molar-refractivity contribution in [3.05, 3.63) is 152 Å². The lowest BCUT2D eigenvalue weighted by Gasteiger charge is -2.25. The van der Waals surface area contributed by atoms with Crippen molar-refractivity contribution < 1.29 is 61.9 Å². The van der Waals surface area contributed by atoms with Crippen LogP contribution in [0.5, 0.6) is 23.0 Å². The third-order valence-electron chi connectivity index (χ3n) is 27.7. The number of carbonyl (C=O) groups excluding carboxylic acids is 5. The molecular weight excluding hydrogens is 1700 g/mol. The minimum absolute atomic E-state index is 0.00237. The van der Waals surface area contributed by atoms with Gasteiger partial charge in [0, 0.05) is 42.4 Å². The minimum Gasteiger partial charge on any atom is -0.489 e. The number of aryl methyl sites for hydroxylation is 4. The molecule has 5 rings (SSSR count). The predicted molar refractivity (Wildman–Crippen MR) is 576 cm³/mol. The highest BCUT2D eigenvalue weighted by molar-refractivity contribution is 5.94. The maximum Gasteiger partial charge on any atom is 0.333 e. The number of Topliss-reactive ketones (excluding diaryl/α,β-unsaturated/α-hetero) is 1. The SMILES string of the molecule is C=C(C)C(=O)OCCOc1c2cc(CCCCCCCCCCCCCCCCCC)cc1Cc1cc(CCCCCCCCCCCCCCCCCC)cc(c1OCCOC(=O)C(=C)C)Cc1cc(CCCCCCCCCCCCCCCCCC)cc(c1OCCOC(=O)C(=C)C)Cc1cc(CCCCCCCCCCCCCCCCCC)cc(c1OCCOC(=O)CC(C)=O)C2. The minimum atomic E-state index is -0.595. The molecule has 0 radical (unpaired) electrons.